The van der Waals surface area contributed by atoms with E-state index in [2.05, 4.69) is 10.1 Å². The van der Waals surface area contributed by atoms with E-state index in [9.17, 15) is 4.79 Å². The van der Waals surface area contributed by atoms with E-state index in [4.69, 9.17) is 17.3 Å². The molecule has 3 heterocycles. The summed E-state index contributed by atoms with van der Waals surface area (Å²) in [6, 6.07) is 5.74. The molecular weight excluding hydrogens is 370 g/mol. The lowest BCUT2D eigenvalue weighted by atomic mass is 10.0. The van der Waals surface area contributed by atoms with Gasteiger partial charge in [-0.2, -0.15) is 5.10 Å². The van der Waals surface area contributed by atoms with Crippen LogP contribution in [0.5, 0.6) is 0 Å². The van der Waals surface area contributed by atoms with Crippen molar-refractivity contribution in [1.82, 2.24) is 19.7 Å². The predicted molar refractivity (Wildman–Crippen MR) is 102 cm³/mol. The first-order valence-corrected chi connectivity index (χ1v) is 9.59. The minimum Gasteiger partial charge on any atom is -0.330 e. The monoisotopic (exact) mass is 387 g/mol. The van der Waals surface area contributed by atoms with Gasteiger partial charge in [0.15, 0.2) is 0 Å². The fraction of sp³-hybridized carbons (Fsp3) is 0.278. The molecule has 1 amide bonds. The van der Waals surface area contributed by atoms with Gasteiger partial charge in [-0.15, -0.1) is 11.3 Å². The maximum absolute atomic E-state index is 12.9. The standard InChI is InChI=1S/C18H18ClN5OS/c1-23-17(16(19)7-22-23)11-2-3-15-12(4-11)8-24(18(15)25)14(6-20)5-13-9-26-10-21-13/h2-4,7,9-10,14H,5-6,8,20H2,1H3/t14-/m0/s1. The number of aromatic nitrogens is 3. The highest BCUT2D eigenvalue weighted by Crippen LogP contribution is 2.32. The Labute approximate surface area is 160 Å². The zero-order valence-corrected chi connectivity index (χ0v) is 15.8. The third-order valence-electron chi connectivity index (χ3n) is 4.75. The molecule has 2 aromatic heterocycles. The van der Waals surface area contributed by atoms with Crippen molar-refractivity contribution in [3.63, 3.8) is 0 Å². The number of carbonyl (C=O) groups excluding carboxylic acids is 1. The molecule has 0 radical (unpaired) electrons. The topological polar surface area (TPSA) is 77.0 Å². The molecule has 6 nitrogen and oxygen atoms in total. The normalized spacial score (nSPS) is 14.7. The Kier molecular flexibility index (Phi) is 4.52. The van der Waals surface area contributed by atoms with E-state index >= 15 is 0 Å². The minimum atomic E-state index is -0.0688. The van der Waals surface area contributed by atoms with Crippen molar-refractivity contribution < 1.29 is 4.79 Å². The van der Waals surface area contributed by atoms with Gasteiger partial charge in [-0.3, -0.25) is 9.48 Å². The molecule has 0 saturated carbocycles. The van der Waals surface area contributed by atoms with Crippen molar-refractivity contribution in [2.45, 2.75) is 19.0 Å². The van der Waals surface area contributed by atoms with E-state index < -0.39 is 0 Å². The minimum absolute atomic E-state index is 0.0216. The van der Waals surface area contributed by atoms with Gasteiger partial charge in [-0.1, -0.05) is 17.7 Å². The predicted octanol–water partition coefficient (Wildman–Crippen LogP) is 2.72. The average Bonchev–Trinajstić information content (AvgIpc) is 3.33. The van der Waals surface area contributed by atoms with Crippen LogP contribution in [-0.4, -0.2) is 38.2 Å². The number of hydrogen-bond acceptors (Lipinski definition) is 5. The average molecular weight is 388 g/mol. The van der Waals surface area contributed by atoms with Crippen LogP contribution in [-0.2, 0) is 20.0 Å². The van der Waals surface area contributed by atoms with Gasteiger partial charge in [0.25, 0.3) is 5.91 Å². The van der Waals surface area contributed by atoms with Crippen molar-refractivity contribution in [1.29, 1.82) is 0 Å². The van der Waals surface area contributed by atoms with E-state index in [1.165, 1.54) is 0 Å². The summed E-state index contributed by atoms with van der Waals surface area (Å²) in [5.74, 6) is 0.0216. The molecule has 1 aliphatic heterocycles. The van der Waals surface area contributed by atoms with E-state index in [1.54, 1.807) is 27.7 Å². The third kappa shape index (κ3) is 2.92. The number of nitrogens with two attached hydrogens (primary N) is 1. The van der Waals surface area contributed by atoms with Crippen molar-refractivity contribution in [2.75, 3.05) is 6.54 Å². The number of fused-ring (bicyclic) bond motifs is 1. The second-order valence-electron chi connectivity index (χ2n) is 6.34. The Bertz CT molecular complexity index is 933. The number of rotatable bonds is 5. The summed E-state index contributed by atoms with van der Waals surface area (Å²) in [4.78, 5) is 19.0. The zero-order valence-electron chi connectivity index (χ0n) is 14.2. The van der Waals surface area contributed by atoms with Gasteiger partial charge in [-0.25, -0.2) is 4.98 Å². The molecule has 0 spiro atoms. The summed E-state index contributed by atoms with van der Waals surface area (Å²) in [6.07, 6.45) is 2.29. The highest BCUT2D eigenvalue weighted by Gasteiger charge is 2.32. The van der Waals surface area contributed by atoms with Gasteiger partial charge in [-0.05, 0) is 17.7 Å². The number of nitrogens with zero attached hydrogens (tertiary/aromatic N) is 4. The SMILES string of the molecule is Cn1ncc(Cl)c1-c1ccc2c(c1)CN([C@H](CN)Cc1cscn1)C2=O. The first kappa shape index (κ1) is 17.2. The fourth-order valence-corrected chi connectivity index (χ4v) is 4.27. The number of amides is 1. The van der Waals surface area contributed by atoms with Crippen LogP contribution >= 0.6 is 22.9 Å². The van der Waals surface area contributed by atoms with Crippen LogP contribution in [0.3, 0.4) is 0 Å². The summed E-state index contributed by atoms with van der Waals surface area (Å²) in [7, 11) is 1.85. The molecule has 0 aliphatic carbocycles. The van der Waals surface area contributed by atoms with Crippen LogP contribution in [0.4, 0.5) is 0 Å². The van der Waals surface area contributed by atoms with Crippen LogP contribution in [0.25, 0.3) is 11.3 Å². The Morgan fingerprint density at radius 1 is 1.42 bits per heavy atom. The molecule has 2 N–H and O–H groups in total. The number of thiazole rings is 1. The largest absolute Gasteiger partial charge is 0.330 e. The van der Waals surface area contributed by atoms with Crippen LogP contribution in [0.15, 0.2) is 35.3 Å². The van der Waals surface area contributed by atoms with Crippen molar-refractivity contribution >= 4 is 28.8 Å². The van der Waals surface area contributed by atoms with Crippen molar-refractivity contribution in [3.8, 4) is 11.3 Å². The Balaban J connectivity index is 1.63. The molecule has 0 unspecified atom stereocenters. The third-order valence-corrected chi connectivity index (χ3v) is 5.66. The first-order valence-electron chi connectivity index (χ1n) is 8.27. The van der Waals surface area contributed by atoms with E-state index in [0.717, 1.165) is 28.1 Å². The van der Waals surface area contributed by atoms with Gasteiger partial charge in [0.2, 0.25) is 0 Å². The Morgan fingerprint density at radius 3 is 2.92 bits per heavy atom. The van der Waals surface area contributed by atoms with E-state index in [0.29, 0.717) is 24.5 Å². The van der Waals surface area contributed by atoms with Crippen LogP contribution in [0.2, 0.25) is 5.02 Å². The molecule has 0 bridgehead atoms. The summed E-state index contributed by atoms with van der Waals surface area (Å²) < 4.78 is 1.74. The van der Waals surface area contributed by atoms with E-state index in [-0.39, 0.29) is 11.9 Å². The molecule has 1 aromatic carbocycles. The number of halogens is 1. The summed E-state index contributed by atoms with van der Waals surface area (Å²) in [5.41, 5.74) is 12.2. The fourth-order valence-electron chi connectivity index (χ4n) is 3.42. The molecule has 1 atom stereocenters. The molecule has 4 rings (SSSR count). The maximum Gasteiger partial charge on any atom is 0.254 e. The Hall–Kier alpha value is -2.22. The number of benzene rings is 1. The molecule has 8 heteroatoms. The van der Waals surface area contributed by atoms with Gasteiger partial charge < -0.3 is 10.6 Å². The second kappa shape index (κ2) is 6.83. The first-order chi connectivity index (χ1) is 12.6. The number of carbonyl (C=O) groups is 1. The highest BCUT2D eigenvalue weighted by atomic mass is 35.5. The lowest BCUT2D eigenvalue weighted by Crippen LogP contribution is -2.42. The molecule has 3 aromatic rings. The lowest BCUT2D eigenvalue weighted by molar-refractivity contribution is 0.0707. The molecule has 134 valence electrons. The lowest BCUT2D eigenvalue weighted by Gasteiger charge is -2.26. The van der Waals surface area contributed by atoms with Gasteiger partial charge in [0.1, 0.15) is 0 Å². The number of aryl methyl sites for hydroxylation is 1. The molecule has 0 fully saturated rings. The van der Waals surface area contributed by atoms with Crippen LogP contribution < -0.4 is 5.73 Å². The summed E-state index contributed by atoms with van der Waals surface area (Å²) >= 11 is 7.81. The van der Waals surface area contributed by atoms with E-state index in [1.807, 2.05) is 35.5 Å². The Morgan fingerprint density at radius 2 is 2.27 bits per heavy atom. The molecule has 26 heavy (non-hydrogen) atoms. The summed E-state index contributed by atoms with van der Waals surface area (Å²) in [6.45, 7) is 0.946. The van der Waals surface area contributed by atoms with Gasteiger partial charge in [0.05, 0.1) is 34.2 Å². The molecule has 1 aliphatic rings. The molecular formula is C18H18ClN5OS. The van der Waals surface area contributed by atoms with Crippen molar-refractivity contribution in [2.24, 2.45) is 12.8 Å². The number of hydrogen-bond donors (Lipinski definition) is 1. The van der Waals surface area contributed by atoms with Crippen molar-refractivity contribution in [3.05, 3.63) is 57.1 Å². The van der Waals surface area contributed by atoms with Crippen LogP contribution in [0, 0.1) is 0 Å². The maximum atomic E-state index is 12.9. The van der Waals surface area contributed by atoms with Gasteiger partial charge >= 0.3 is 0 Å². The smallest absolute Gasteiger partial charge is 0.254 e. The van der Waals surface area contributed by atoms with Gasteiger partial charge in [0, 0.05) is 43.1 Å². The molecule has 0 saturated heterocycles. The second-order valence-corrected chi connectivity index (χ2v) is 7.47. The highest BCUT2D eigenvalue weighted by molar-refractivity contribution is 7.07. The van der Waals surface area contributed by atoms with Crippen LogP contribution in [0.1, 0.15) is 21.6 Å². The zero-order chi connectivity index (χ0) is 18.3. The quantitative estimate of drug-likeness (QED) is 0.730. The summed E-state index contributed by atoms with van der Waals surface area (Å²) in [5, 5.41) is 6.78.